The molecular formula is C19H19N3O3. The molecule has 1 N–H and O–H groups in total. The number of aliphatic hydroxyl groups is 1. The van der Waals surface area contributed by atoms with E-state index in [4.69, 9.17) is 0 Å². The number of nitrogens with zero attached hydrogens (tertiary/aromatic N) is 3. The average Bonchev–Trinajstić information content (AvgIpc) is 2.88. The highest BCUT2D eigenvalue weighted by molar-refractivity contribution is 6.35. The van der Waals surface area contributed by atoms with Crippen LogP contribution in [-0.4, -0.2) is 51.9 Å². The van der Waals surface area contributed by atoms with Gasteiger partial charge in [-0.3, -0.25) is 19.5 Å². The molecule has 0 bridgehead atoms. The van der Waals surface area contributed by atoms with Crippen molar-refractivity contribution < 1.29 is 14.7 Å². The van der Waals surface area contributed by atoms with Gasteiger partial charge in [-0.2, -0.15) is 0 Å². The molecule has 0 saturated heterocycles. The molecule has 1 aliphatic heterocycles. The van der Waals surface area contributed by atoms with E-state index in [0.29, 0.717) is 22.5 Å². The number of amides is 2. The van der Waals surface area contributed by atoms with Gasteiger partial charge in [0.2, 0.25) is 0 Å². The van der Waals surface area contributed by atoms with Crippen molar-refractivity contribution in [2.24, 2.45) is 0 Å². The lowest BCUT2D eigenvalue weighted by Gasteiger charge is -2.20. The molecule has 6 heteroatoms. The maximum Gasteiger partial charge on any atom is 0.278 e. The summed E-state index contributed by atoms with van der Waals surface area (Å²) in [6, 6.07) is 14.5. The molecule has 0 saturated carbocycles. The van der Waals surface area contributed by atoms with Crippen LogP contribution in [0.25, 0.3) is 5.57 Å². The maximum atomic E-state index is 13.0. The molecule has 0 radical (unpaired) electrons. The highest BCUT2D eigenvalue weighted by Crippen LogP contribution is 2.31. The zero-order chi connectivity index (χ0) is 17.8. The van der Waals surface area contributed by atoms with Crippen LogP contribution < -0.4 is 0 Å². The molecule has 2 heterocycles. The fourth-order valence-corrected chi connectivity index (χ4v) is 2.84. The van der Waals surface area contributed by atoms with E-state index < -0.39 is 0 Å². The van der Waals surface area contributed by atoms with Crippen molar-refractivity contribution in [1.29, 1.82) is 0 Å². The summed E-state index contributed by atoms with van der Waals surface area (Å²) in [4.78, 5) is 32.9. The smallest absolute Gasteiger partial charge is 0.278 e. The molecule has 128 valence electrons. The van der Waals surface area contributed by atoms with Gasteiger partial charge < -0.3 is 10.0 Å². The van der Waals surface area contributed by atoms with Gasteiger partial charge in [0.25, 0.3) is 11.8 Å². The minimum absolute atomic E-state index is 0.107. The van der Waals surface area contributed by atoms with E-state index in [1.54, 1.807) is 42.4 Å². The maximum absolute atomic E-state index is 13.0. The van der Waals surface area contributed by atoms with Crippen molar-refractivity contribution in [2.75, 3.05) is 20.2 Å². The van der Waals surface area contributed by atoms with Crippen LogP contribution in [0.2, 0.25) is 0 Å². The molecule has 6 nitrogen and oxygen atoms in total. The van der Waals surface area contributed by atoms with Crippen LogP contribution in [0.4, 0.5) is 0 Å². The van der Waals surface area contributed by atoms with E-state index in [9.17, 15) is 14.7 Å². The summed E-state index contributed by atoms with van der Waals surface area (Å²) >= 11 is 0. The van der Waals surface area contributed by atoms with E-state index in [0.717, 1.165) is 0 Å². The number of hydrogen-bond acceptors (Lipinski definition) is 5. The quantitative estimate of drug-likeness (QED) is 0.804. The molecule has 0 spiro atoms. The van der Waals surface area contributed by atoms with Crippen molar-refractivity contribution in [3.05, 3.63) is 71.7 Å². The standard InChI is InChI=1S/C19H19N3O3/c1-21(11-12-23)17-16(14-7-3-2-4-8-14)18(24)22(19(17)25)13-15-9-5-6-10-20-15/h2-10,23H,11-13H2,1H3. The monoisotopic (exact) mass is 337 g/mol. The molecule has 25 heavy (non-hydrogen) atoms. The molecule has 2 aromatic rings. The van der Waals surface area contributed by atoms with Crippen molar-refractivity contribution >= 4 is 17.4 Å². The van der Waals surface area contributed by atoms with Crippen LogP contribution in [0.5, 0.6) is 0 Å². The minimum atomic E-state index is -0.370. The number of carbonyl (C=O) groups excluding carboxylic acids is 2. The van der Waals surface area contributed by atoms with Gasteiger partial charge in [-0.1, -0.05) is 36.4 Å². The Morgan fingerprint density at radius 1 is 1.04 bits per heavy atom. The lowest BCUT2D eigenvalue weighted by molar-refractivity contribution is -0.138. The number of imide groups is 1. The second-order valence-electron chi connectivity index (χ2n) is 5.75. The van der Waals surface area contributed by atoms with Gasteiger partial charge in [0.05, 0.1) is 24.4 Å². The van der Waals surface area contributed by atoms with Gasteiger partial charge in [0.1, 0.15) is 5.70 Å². The molecule has 1 aliphatic rings. The number of likely N-dealkylation sites (N-methyl/N-ethyl adjacent to an activating group) is 1. The minimum Gasteiger partial charge on any atom is -0.395 e. The SMILES string of the molecule is CN(CCO)C1=C(c2ccccc2)C(=O)N(Cc2ccccn2)C1=O. The van der Waals surface area contributed by atoms with Crippen LogP contribution in [0.15, 0.2) is 60.4 Å². The van der Waals surface area contributed by atoms with Crippen LogP contribution in [-0.2, 0) is 16.1 Å². The zero-order valence-electron chi connectivity index (χ0n) is 13.9. The second kappa shape index (κ2) is 7.27. The summed E-state index contributed by atoms with van der Waals surface area (Å²) in [6.07, 6.45) is 1.63. The van der Waals surface area contributed by atoms with E-state index in [-0.39, 0.29) is 31.5 Å². The predicted molar refractivity (Wildman–Crippen MR) is 92.9 cm³/mol. The number of aromatic nitrogens is 1. The van der Waals surface area contributed by atoms with Crippen LogP contribution in [0.3, 0.4) is 0 Å². The number of carbonyl (C=O) groups is 2. The first kappa shape index (κ1) is 16.9. The largest absolute Gasteiger partial charge is 0.395 e. The number of benzene rings is 1. The fraction of sp³-hybridized carbons (Fsp3) is 0.211. The van der Waals surface area contributed by atoms with Gasteiger partial charge in [-0.15, -0.1) is 0 Å². The number of rotatable bonds is 6. The Kier molecular flexibility index (Phi) is 4.90. The van der Waals surface area contributed by atoms with E-state index in [2.05, 4.69) is 4.98 Å². The highest BCUT2D eigenvalue weighted by atomic mass is 16.3. The summed E-state index contributed by atoms with van der Waals surface area (Å²) in [5.41, 5.74) is 1.99. The predicted octanol–water partition coefficient (Wildman–Crippen LogP) is 1.29. The summed E-state index contributed by atoms with van der Waals surface area (Å²) in [5.74, 6) is -0.716. The first-order valence-corrected chi connectivity index (χ1v) is 8.01. The average molecular weight is 337 g/mol. The third-order valence-electron chi connectivity index (χ3n) is 4.07. The van der Waals surface area contributed by atoms with Crippen molar-refractivity contribution in [3.63, 3.8) is 0 Å². The Balaban J connectivity index is 2.00. The van der Waals surface area contributed by atoms with Crippen LogP contribution >= 0.6 is 0 Å². The van der Waals surface area contributed by atoms with Crippen molar-refractivity contribution in [3.8, 4) is 0 Å². The molecule has 0 unspecified atom stereocenters. The van der Waals surface area contributed by atoms with Crippen LogP contribution in [0, 0.1) is 0 Å². The number of aliphatic hydroxyl groups excluding tert-OH is 1. The zero-order valence-corrected chi connectivity index (χ0v) is 13.9. The van der Waals surface area contributed by atoms with Crippen molar-refractivity contribution in [2.45, 2.75) is 6.54 Å². The third-order valence-corrected chi connectivity index (χ3v) is 4.07. The van der Waals surface area contributed by atoms with Gasteiger partial charge in [0, 0.05) is 19.8 Å². The molecule has 3 rings (SSSR count). The van der Waals surface area contributed by atoms with E-state index in [1.165, 1.54) is 4.90 Å². The number of pyridine rings is 1. The second-order valence-corrected chi connectivity index (χ2v) is 5.75. The Morgan fingerprint density at radius 2 is 1.76 bits per heavy atom. The Bertz CT molecular complexity index is 803. The summed E-state index contributed by atoms with van der Waals surface area (Å²) in [7, 11) is 1.70. The summed E-state index contributed by atoms with van der Waals surface area (Å²) in [6.45, 7) is 0.275. The highest BCUT2D eigenvalue weighted by Gasteiger charge is 2.40. The Labute approximate surface area is 146 Å². The van der Waals surface area contributed by atoms with Gasteiger partial charge >= 0.3 is 0 Å². The normalized spacial score (nSPS) is 14.4. The Morgan fingerprint density at radius 3 is 2.40 bits per heavy atom. The molecule has 0 fully saturated rings. The first-order chi connectivity index (χ1) is 12.1. The van der Waals surface area contributed by atoms with Gasteiger partial charge in [-0.25, -0.2) is 0 Å². The van der Waals surface area contributed by atoms with E-state index >= 15 is 0 Å². The summed E-state index contributed by atoms with van der Waals surface area (Å²) in [5, 5.41) is 9.22. The van der Waals surface area contributed by atoms with E-state index in [1.807, 2.05) is 24.3 Å². The molecular weight excluding hydrogens is 318 g/mol. The van der Waals surface area contributed by atoms with Gasteiger partial charge in [-0.05, 0) is 17.7 Å². The fourth-order valence-electron chi connectivity index (χ4n) is 2.84. The summed E-state index contributed by atoms with van der Waals surface area (Å²) < 4.78 is 0. The lowest BCUT2D eigenvalue weighted by atomic mass is 10.0. The lowest BCUT2D eigenvalue weighted by Crippen LogP contribution is -2.34. The van der Waals surface area contributed by atoms with Crippen LogP contribution in [0.1, 0.15) is 11.3 Å². The topological polar surface area (TPSA) is 73.7 Å². The molecule has 0 atom stereocenters. The number of hydrogen-bond donors (Lipinski definition) is 1. The van der Waals surface area contributed by atoms with Gasteiger partial charge in [0.15, 0.2) is 0 Å². The Hall–Kier alpha value is -2.99. The molecule has 2 amide bonds. The first-order valence-electron chi connectivity index (χ1n) is 8.01. The van der Waals surface area contributed by atoms with Crippen molar-refractivity contribution in [1.82, 2.24) is 14.8 Å². The molecule has 0 aliphatic carbocycles. The third kappa shape index (κ3) is 3.29. The molecule has 1 aromatic carbocycles. The molecule has 1 aromatic heterocycles.